The van der Waals surface area contributed by atoms with E-state index >= 15 is 0 Å². The van der Waals surface area contributed by atoms with E-state index in [0.29, 0.717) is 0 Å². The number of carboxylic acid groups (broad SMARTS) is 1. The lowest BCUT2D eigenvalue weighted by Crippen LogP contribution is -2.48. The second kappa shape index (κ2) is 5.33. The lowest BCUT2D eigenvalue weighted by Gasteiger charge is -2.28. The molecule has 17 heavy (non-hydrogen) atoms. The Morgan fingerprint density at radius 2 is 2.12 bits per heavy atom. The van der Waals surface area contributed by atoms with E-state index in [1.165, 1.54) is 18.9 Å². The van der Waals surface area contributed by atoms with Crippen molar-refractivity contribution in [3.8, 4) is 0 Å². The summed E-state index contributed by atoms with van der Waals surface area (Å²) in [7, 11) is 1.48. The fraction of sp³-hybridized carbons (Fsp3) is 0.800. The molecule has 1 saturated heterocycles. The summed E-state index contributed by atoms with van der Waals surface area (Å²) >= 11 is 0. The van der Waals surface area contributed by atoms with E-state index in [9.17, 15) is 14.7 Å². The van der Waals surface area contributed by atoms with Crippen molar-refractivity contribution in [3.05, 3.63) is 0 Å². The van der Waals surface area contributed by atoms with Gasteiger partial charge in [0.2, 0.25) is 0 Å². The average Bonchev–Trinajstić information content (AvgIpc) is 2.58. The van der Waals surface area contributed by atoms with E-state index < -0.39 is 30.3 Å². The lowest BCUT2D eigenvalue weighted by molar-refractivity contribution is -0.141. The van der Waals surface area contributed by atoms with Crippen molar-refractivity contribution >= 4 is 12.0 Å². The monoisotopic (exact) mass is 246 g/mol. The molecule has 7 nitrogen and oxygen atoms in total. The number of hydrogen-bond acceptors (Lipinski definition) is 4. The molecule has 98 valence electrons. The molecule has 0 saturated carbocycles. The van der Waals surface area contributed by atoms with Crippen molar-refractivity contribution in [1.29, 1.82) is 0 Å². The van der Waals surface area contributed by atoms with Gasteiger partial charge in [0.05, 0.1) is 12.2 Å². The van der Waals surface area contributed by atoms with Gasteiger partial charge in [-0.25, -0.2) is 9.59 Å². The number of carboxylic acids is 1. The highest BCUT2D eigenvalue weighted by Gasteiger charge is 2.40. The Balaban J connectivity index is 2.70. The largest absolute Gasteiger partial charge is 0.480 e. The molecular formula is C10H18N2O5. The molecule has 2 amide bonds. The molecule has 0 aliphatic carbocycles. The summed E-state index contributed by atoms with van der Waals surface area (Å²) in [5.41, 5.74) is 0. The number of likely N-dealkylation sites (N-methyl/N-ethyl adjacent to an activating group) is 1. The van der Waals surface area contributed by atoms with Crippen LogP contribution >= 0.6 is 0 Å². The second-order valence-electron chi connectivity index (χ2n) is 4.41. The molecule has 0 bridgehead atoms. The summed E-state index contributed by atoms with van der Waals surface area (Å²) in [5.74, 6) is -1.12. The molecule has 1 heterocycles. The molecule has 1 rings (SSSR count). The molecule has 1 aliphatic rings. The molecule has 0 aromatic rings. The number of nitrogens with zero attached hydrogens (tertiary/aromatic N) is 2. The van der Waals surface area contributed by atoms with Crippen LogP contribution in [-0.4, -0.2) is 75.5 Å². The number of amides is 2. The van der Waals surface area contributed by atoms with Crippen LogP contribution in [-0.2, 0) is 4.79 Å². The first-order chi connectivity index (χ1) is 7.82. The summed E-state index contributed by atoms with van der Waals surface area (Å²) in [5, 5.41) is 27.5. The van der Waals surface area contributed by atoms with Gasteiger partial charge < -0.3 is 25.1 Å². The first kappa shape index (κ1) is 13.7. The van der Waals surface area contributed by atoms with Crippen molar-refractivity contribution in [2.45, 2.75) is 31.6 Å². The van der Waals surface area contributed by atoms with Crippen molar-refractivity contribution in [1.82, 2.24) is 9.80 Å². The van der Waals surface area contributed by atoms with Gasteiger partial charge >= 0.3 is 12.0 Å². The number of likely N-dealkylation sites (tertiary alicyclic amines) is 1. The zero-order chi connectivity index (χ0) is 13.2. The molecule has 3 N–H and O–H groups in total. The minimum atomic E-state index is -1.12. The molecular weight excluding hydrogens is 228 g/mol. The number of urea groups is 1. The maximum atomic E-state index is 11.9. The zero-order valence-electron chi connectivity index (χ0n) is 9.91. The van der Waals surface area contributed by atoms with Crippen LogP contribution in [0.5, 0.6) is 0 Å². The quantitative estimate of drug-likeness (QED) is 0.589. The number of rotatable bonds is 3. The standard InChI is InChI=1S/C10H18N2O5/c1-6(13)4-11(2)10(17)12-5-7(14)3-8(12)9(15)16/h6-8,13-14H,3-5H2,1-2H3,(H,15,16)/t6?,7-,8-/m1/s1. The fourth-order valence-electron chi connectivity index (χ4n) is 1.95. The van der Waals surface area contributed by atoms with Crippen LogP contribution in [0.15, 0.2) is 0 Å². The summed E-state index contributed by atoms with van der Waals surface area (Å²) in [6.45, 7) is 1.68. The Bertz CT molecular complexity index is 307. The summed E-state index contributed by atoms with van der Waals surface area (Å²) in [6.07, 6.45) is -1.44. The molecule has 1 unspecified atom stereocenters. The minimum absolute atomic E-state index is 0.0138. The van der Waals surface area contributed by atoms with E-state index in [2.05, 4.69) is 0 Å². The van der Waals surface area contributed by atoms with Crippen LogP contribution in [0.25, 0.3) is 0 Å². The van der Waals surface area contributed by atoms with Gasteiger partial charge in [-0.15, -0.1) is 0 Å². The Hall–Kier alpha value is -1.34. The predicted molar refractivity (Wildman–Crippen MR) is 58.5 cm³/mol. The summed E-state index contributed by atoms with van der Waals surface area (Å²) in [4.78, 5) is 25.2. The molecule has 1 aliphatic heterocycles. The number of hydrogen-bond donors (Lipinski definition) is 3. The van der Waals surface area contributed by atoms with Crippen molar-refractivity contribution in [3.63, 3.8) is 0 Å². The second-order valence-corrected chi connectivity index (χ2v) is 4.41. The van der Waals surface area contributed by atoms with E-state index in [0.717, 1.165) is 4.90 Å². The van der Waals surface area contributed by atoms with Crippen LogP contribution in [0.3, 0.4) is 0 Å². The molecule has 1 fully saturated rings. The van der Waals surface area contributed by atoms with Gasteiger partial charge in [0, 0.05) is 26.6 Å². The number of aliphatic hydroxyl groups is 2. The van der Waals surface area contributed by atoms with Gasteiger partial charge in [0.15, 0.2) is 0 Å². The summed E-state index contributed by atoms with van der Waals surface area (Å²) in [6, 6.07) is -1.48. The van der Waals surface area contributed by atoms with Crippen LogP contribution < -0.4 is 0 Å². The van der Waals surface area contributed by atoms with Gasteiger partial charge in [-0.05, 0) is 6.92 Å². The van der Waals surface area contributed by atoms with E-state index in [1.807, 2.05) is 0 Å². The predicted octanol–water partition coefficient (Wildman–Crippen LogP) is -1.06. The Morgan fingerprint density at radius 1 is 1.53 bits per heavy atom. The highest BCUT2D eigenvalue weighted by atomic mass is 16.4. The van der Waals surface area contributed by atoms with Crippen LogP contribution in [0.2, 0.25) is 0 Å². The smallest absolute Gasteiger partial charge is 0.326 e. The van der Waals surface area contributed by atoms with Crippen LogP contribution in [0.1, 0.15) is 13.3 Å². The van der Waals surface area contributed by atoms with Gasteiger partial charge in [0.1, 0.15) is 6.04 Å². The Labute approximate surface area is 99.2 Å². The molecule has 0 aromatic carbocycles. The van der Waals surface area contributed by atoms with Gasteiger partial charge in [-0.3, -0.25) is 0 Å². The fourth-order valence-corrected chi connectivity index (χ4v) is 1.95. The Morgan fingerprint density at radius 3 is 2.59 bits per heavy atom. The molecule has 0 aromatic heterocycles. The Kier molecular flexibility index (Phi) is 4.30. The first-order valence-electron chi connectivity index (χ1n) is 5.43. The molecule has 0 radical (unpaired) electrons. The van der Waals surface area contributed by atoms with Gasteiger partial charge in [-0.2, -0.15) is 0 Å². The van der Waals surface area contributed by atoms with Crippen LogP contribution in [0, 0.1) is 0 Å². The van der Waals surface area contributed by atoms with E-state index in [4.69, 9.17) is 10.2 Å². The van der Waals surface area contributed by atoms with Crippen molar-refractivity contribution < 1.29 is 24.9 Å². The SMILES string of the molecule is CC(O)CN(C)C(=O)N1C[C@H](O)C[C@@H]1C(=O)O. The maximum Gasteiger partial charge on any atom is 0.326 e. The number of aliphatic hydroxyl groups excluding tert-OH is 2. The van der Waals surface area contributed by atoms with Crippen molar-refractivity contribution in [2.24, 2.45) is 0 Å². The van der Waals surface area contributed by atoms with Gasteiger partial charge in [0.25, 0.3) is 0 Å². The minimum Gasteiger partial charge on any atom is -0.480 e. The highest BCUT2D eigenvalue weighted by Crippen LogP contribution is 2.19. The molecule has 3 atom stereocenters. The third-order valence-electron chi connectivity index (χ3n) is 2.67. The normalized spacial score (nSPS) is 25.8. The number of carbonyl (C=O) groups is 2. The number of β-amino-alcohol motifs (C(OH)–C–C–N with tert-alkyl or cyclic N) is 1. The lowest BCUT2D eigenvalue weighted by atomic mass is 10.2. The first-order valence-corrected chi connectivity index (χ1v) is 5.43. The topological polar surface area (TPSA) is 101 Å². The van der Waals surface area contributed by atoms with E-state index in [-0.39, 0.29) is 19.5 Å². The molecule has 7 heteroatoms. The number of carbonyl (C=O) groups excluding carboxylic acids is 1. The highest BCUT2D eigenvalue weighted by molar-refractivity contribution is 5.83. The third-order valence-corrected chi connectivity index (χ3v) is 2.67. The van der Waals surface area contributed by atoms with Crippen molar-refractivity contribution in [2.75, 3.05) is 20.1 Å². The maximum absolute atomic E-state index is 11.9. The van der Waals surface area contributed by atoms with E-state index in [1.54, 1.807) is 0 Å². The third kappa shape index (κ3) is 3.31. The summed E-state index contributed by atoms with van der Waals surface area (Å²) < 4.78 is 0. The van der Waals surface area contributed by atoms with Crippen LogP contribution in [0.4, 0.5) is 4.79 Å². The number of aliphatic carboxylic acids is 1. The van der Waals surface area contributed by atoms with Gasteiger partial charge in [-0.1, -0.05) is 0 Å². The zero-order valence-corrected chi connectivity index (χ0v) is 9.91. The molecule has 0 spiro atoms. The average molecular weight is 246 g/mol.